The lowest BCUT2D eigenvalue weighted by molar-refractivity contribution is -0.120. The van der Waals surface area contributed by atoms with Crippen molar-refractivity contribution in [2.24, 2.45) is 11.8 Å². The lowest BCUT2D eigenvalue weighted by Crippen LogP contribution is -2.42. The number of halogens is 1. The standard InChI is InChI=1S/C30H35ClN2O4/c31-18-24(34)10-6-1-2-7-11-25-26(28-17-16-27(25)37-28)19-32-29(35)20-33-30(36)23-14-12-22(13-15-23)21-8-4-3-5-9-21/h2-5,7-9,12-15,25-28H,1,6,10-11,16-20H2,(H,32,35)(H,33,36)/t25-,26+,27+,28+/m1/s1. The molecule has 2 aliphatic rings. The highest BCUT2D eigenvalue weighted by Crippen LogP contribution is 2.44. The van der Waals surface area contributed by atoms with E-state index in [1.807, 2.05) is 42.5 Å². The van der Waals surface area contributed by atoms with Gasteiger partial charge in [-0.15, -0.1) is 11.6 Å². The SMILES string of the molecule is O=C(CCl)CCCC=CC[C@@H]1[C@H](CNC(=O)CNC(=O)c2ccc(-c3ccccc3)cc2)[C@@H]2CC[C@@H]1O2. The maximum Gasteiger partial charge on any atom is 0.251 e. The van der Waals surface area contributed by atoms with E-state index in [0.717, 1.165) is 43.2 Å². The van der Waals surface area contributed by atoms with Gasteiger partial charge in [-0.2, -0.15) is 0 Å². The number of benzene rings is 2. The quantitative estimate of drug-likeness (QED) is 0.222. The summed E-state index contributed by atoms with van der Waals surface area (Å²) in [5, 5.41) is 5.72. The van der Waals surface area contributed by atoms with Crippen molar-refractivity contribution in [3.63, 3.8) is 0 Å². The Hall–Kier alpha value is -2.96. The van der Waals surface area contributed by atoms with E-state index in [0.29, 0.717) is 24.4 Å². The smallest absolute Gasteiger partial charge is 0.251 e. The normalized spacial score (nSPS) is 22.3. The number of amides is 2. The van der Waals surface area contributed by atoms with E-state index >= 15 is 0 Å². The summed E-state index contributed by atoms with van der Waals surface area (Å²) >= 11 is 5.54. The molecule has 2 amide bonds. The van der Waals surface area contributed by atoms with E-state index in [2.05, 4.69) is 22.8 Å². The third-order valence-electron chi connectivity index (χ3n) is 7.34. The van der Waals surface area contributed by atoms with Gasteiger partial charge >= 0.3 is 0 Å². The molecule has 37 heavy (non-hydrogen) atoms. The summed E-state index contributed by atoms with van der Waals surface area (Å²) in [5.74, 6) is 0.350. The van der Waals surface area contributed by atoms with Gasteiger partial charge < -0.3 is 15.4 Å². The van der Waals surface area contributed by atoms with Crippen LogP contribution in [0.25, 0.3) is 11.1 Å². The van der Waals surface area contributed by atoms with Crippen LogP contribution in [0.2, 0.25) is 0 Å². The molecule has 2 fully saturated rings. The highest BCUT2D eigenvalue weighted by Gasteiger charge is 2.47. The number of rotatable bonds is 13. The van der Waals surface area contributed by atoms with Gasteiger partial charge in [0.05, 0.1) is 24.6 Å². The average molecular weight is 523 g/mol. The van der Waals surface area contributed by atoms with Crippen molar-refractivity contribution < 1.29 is 19.1 Å². The van der Waals surface area contributed by atoms with E-state index in [9.17, 15) is 14.4 Å². The van der Waals surface area contributed by atoms with Crippen LogP contribution >= 0.6 is 11.6 Å². The van der Waals surface area contributed by atoms with Crippen molar-refractivity contribution >= 4 is 29.2 Å². The molecule has 4 atom stereocenters. The van der Waals surface area contributed by atoms with Crippen LogP contribution in [0.1, 0.15) is 48.9 Å². The zero-order valence-corrected chi connectivity index (χ0v) is 21.8. The summed E-state index contributed by atoms with van der Waals surface area (Å²) in [6.07, 6.45) is 9.94. The molecule has 0 aliphatic carbocycles. The Balaban J connectivity index is 1.19. The van der Waals surface area contributed by atoms with Crippen LogP contribution in [0.5, 0.6) is 0 Å². The average Bonchev–Trinajstić information content (AvgIpc) is 3.55. The summed E-state index contributed by atoms with van der Waals surface area (Å²) in [6, 6.07) is 17.3. The summed E-state index contributed by atoms with van der Waals surface area (Å²) in [6.45, 7) is 0.483. The molecule has 2 N–H and O–H groups in total. The Labute approximate surface area is 223 Å². The topological polar surface area (TPSA) is 84.5 Å². The van der Waals surface area contributed by atoms with Crippen LogP contribution in [-0.2, 0) is 14.3 Å². The number of hydrogen-bond acceptors (Lipinski definition) is 4. The molecular formula is C30H35ClN2O4. The van der Waals surface area contributed by atoms with Gasteiger partial charge in [-0.1, -0.05) is 54.6 Å². The first kappa shape index (κ1) is 27.1. The molecule has 0 radical (unpaired) electrons. The van der Waals surface area contributed by atoms with E-state index in [1.54, 1.807) is 12.1 Å². The summed E-state index contributed by atoms with van der Waals surface area (Å²) < 4.78 is 6.14. The van der Waals surface area contributed by atoms with E-state index in [-0.39, 0.29) is 48.1 Å². The second-order valence-electron chi connectivity index (χ2n) is 9.82. The van der Waals surface area contributed by atoms with Gasteiger partial charge in [-0.3, -0.25) is 14.4 Å². The fourth-order valence-corrected chi connectivity index (χ4v) is 5.47. The number of ketones is 1. The number of carbonyl (C=O) groups excluding carboxylic acids is 3. The zero-order chi connectivity index (χ0) is 26.0. The second-order valence-corrected chi connectivity index (χ2v) is 10.1. The number of nitrogens with one attached hydrogen (secondary N) is 2. The number of fused-ring (bicyclic) bond motifs is 2. The van der Waals surface area contributed by atoms with Crippen molar-refractivity contribution in [3.05, 3.63) is 72.3 Å². The van der Waals surface area contributed by atoms with Gasteiger partial charge in [0.25, 0.3) is 5.91 Å². The van der Waals surface area contributed by atoms with Crippen molar-refractivity contribution in [2.45, 2.75) is 50.7 Å². The molecule has 2 heterocycles. The van der Waals surface area contributed by atoms with Crippen LogP contribution in [-0.4, -0.2) is 48.8 Å². The first-order valence-electron chi connectivity index (χ1n) is 13.1. The first-order valence-corrected chi connectivity index (χ1v) is 13.7. The number of unbranched alkanes of at least 4 members (excludes halogenated alkanes) is 1. The van der Waals surface area contributed by atoms with Gasteiger partial charge in [0.15, 0.2) is 0 Å². The number of hydrogen-bond donors (Lipinski definition) is 2. The van der Waals surface area contributed by atoms with E-state index in [1.165, 1.54) is 0 Å². The lowest BCUT2D eigenvalue weighted by atomic mass is 9.77. The maximum atomic E-state index is 12.5. The molecule has 0 spiro atoms. The fraction of sp³-hybridized carbons (Fsp3) is 0.433. The molecule has 0 unspecified atom stereocenters. The molecular weight excluding hydrogens is 488 g/mol. The number of carbonyl (C=O) groups is 3. The fourth-order valence-electron chi connectivity index (χ4n) is 5.34. The molecule has 0 aromatic heterocycles. The van der Waals surface area contributed by atoms with Gasteiger partial charge in [0.1, 0.15) is 5.78 Å². The minimum absolute atomic E-state index is 0.0630. The summed E-state index contributed by atoms with van der Waals surface area (Å²) in [7, 11) is 0. The molecule has 4 rings (SSSR count). The number of ether oxygens (including phenoxy) is 1. The molecule has 2 bridgehead atoms. The molecule has 2 aliphatic heterocycles. The Morgan fingerprint density at radius 1 is 0.892 bits per heavy atom. The molecule has 2 aromatic carbocycles. The number of Topliss-reactive ketones (excluding diaryl/α,β-unsaturated/α-hetero) is 1. The van der Waals surface area contributed by atoms with Gasteiger partial charge in [-0.25, -0.2) is 0 Å². The molecule has 0 saturated carbocycles. The molecule has 6 nitrogen and oxygen atoms in total. The Bertz CT molecular complexity index is 1090. The minimum Gasteiger partial charge on any atom is -0.374 e. The Morgan fingerprint density at radius 3 is 2.32 bits per heavy atom. The van der Waals surface area contributed by atoms with Crippen molar-refractivity contribution in [3.8, 4) is 11.1 Å². The largest absolute Gasteiger partial charge is 0.374 e. The van der Waals surface area contributed by atoms with Crippen molar-refractivity contribution in [2.75, 3.05) is 19.0 Å². The van der Waals surface area contributed by atoms with Crippen LogP contribution < -0.4 is 10.6 Å². The Morgan fingerprint density at radius 2 is 1.59 bits per heavy atom. The zero-order valence-electron chi connectivity index (χ0n) is 21.0. The molecule has 2 saturated heterocycles. The number of alkyl halides is 1. The molecule has 196 valence electrons. The molecule has 2 aromatic rings. The van der Waals surface area contributed by atoms with Crippen LogP contribution in [0.4, 0.5) is 0 Å². The van der Waals surface area contributed by atoms with E-state index in [4.69, 9.17) is 16.3 Å². The predicted molar refractivity (Wildman–Crippen MR) is 145 cm³/mol. The van der Waals surface area contributed by atoms with Gasteiger partial charge in [0.2, 0.25) is 5.91 Å². The third kappa shape index (κ3) is 7.53. The maximum absolute atomic E-state index is 12.5. The van der Waals surface area contributed by atoms with Gasteiger partial charge in [-0.05, 0) is 61.3 Å². The Kier molecular flexibility index (Phi) is 9.92. The predicted octanol–water partition coefficient (Wildman–Crippen LogP) is 4.92. The van der Waals surface area contributed by atoms with Gasteiger partial charge in [0, 0.05) is 24.4 Å². The number of allylic oxidation sites excluding steroid dienone is 2. The van der Waals surface area contributed by atoms with Crippen LogP contribution in [0.3, 0.4) is 0 Å². The summed E-state index contributed by atoms with van der Waals surface area (Å²) in [5.41, 5.74) is 2.65. The minimum atomic E-state index is -0.270. The summed E-state index contributed by atoms with van der Waals surface area (Å²) in [4.78, 5) is 36.3. The highest BCUT2D eigenvalue weighted by atomic mass is 35.5. The van der Waals surface area contributed by atoms with E-state index < -0.39 is 0 Å². The first-order chi connectivity index (χ1) is 18.0. The highest BCUT2D eigenvalue weighted by molar-refractivity contribution is 6.27. The monoisotopic (exact) mass is 522 g/mol. The second kappa shape index (κ2) is 13.5. The third-order valence-corrected chi connectivity index (χ3v) is 7.64. The lowest BCUT2D eigenvalue weighted by Gasteiger charge is -2.27. The van der Waals surface area contributed by atoms with Crippen molar-refractivity contribution in [1.82, 2.24) is 10.6 Å². The van der Waals surface area contributed by atoms with Crippen LogP contribution in [0.15, 0.2) is 66.7 Å². The van der Waals surface area contributed by atoms with Crippen LogP contribution in [0, 0.1) is 11.8 Å². The van der Waals surface area contributed by atoms with Crippen molar-refractivity contribution in [1.29, 1.82) is 0 Å². The molecule has 7 heteroatoms.